The highest BCUT2D eigenvalue weighted by Crippen LogP contribution is 2.39. The van der Waals surface area contributed by atoms with Gasteiger partial charge in [-0.25, -0.2) is 0 Å². The molecule has 1 unspecified atom stereocenters. The van der Waals surface area contributed by atoms with Crippen molar-refractivity contribution in [2.24, 2.45) is 0 Å². The SMILES string of the molecule is CCCCOc1ccc(C2c3c(oc4ccc(Br)cc4c3=O)C(=O)N2Cc2ccccc2)cc1. The summed E-state index contributed by atoms with van der Waals surface area (Å²) >= 11 is 3.44. The summed E-state index contributed by atoms with van der Waals surface area (Å²) < 4.78 is 12.6. The van der Waals surface area contributed by atoms with Gasteiger partial charge in [-0.3, -0.25) is 9.59 Å². The highest BCUT2D eigenvalue weighted by Gasteiger charge is 2.42. The molecule has 0 saturated carbocycles. The molecule has 0 aliphatic carbocycles. The Morgan fingerprint density at radius 3 is 2.50 bits per heavy atom. The zero-order chi connectivity index (χ0) is 23.7. The quantitative estimate of drug-likeness (QED) is 0.263. The molecule has 0 radical (unpaired) electrons. The molecule has 3 aromatic carbocycles. The van der Waals surface area contributed by atoms with Crippen molar-refractivity contribution in [2.45, 2.75) is 32.4 Å². The van der Waals surface area contributed by atoms with Gasteiger partial charge in [0.2, 0.25) is 5.76 Å². The van der Waals surface area contributed by atoms with Gasteiger partial charge in [0.15, 0.2) is 5.43 Å². The summed E-state index contributed by atoms with van der Waals surface area (Å²) in [6.45, 7) is 3.14. The first kappa shape index (κ1) is 22.4. The largest absolute Gasteiger partial charge is 0.494 e. The summed E-state index contributed by atoms with van der Waals surface area (Å²) in [6.07, 6.45) is 2.05. The molecule has 1 aliphatic heterocycles. The van der Waals surface area contributed by atoms with Crippen LogP contribution >= 0.6 is 15.9 Å². The van der Waals surface area contributed by atoms with Gasteiger partial charge in [-0.15, -0.1) is 0 Å². The number of carbonyl (C=O) groups excluding carboxylic acids is 1. The smallest absolute Gasteiger partial charge is 0.291 e. The van der Waals surface area contributed by atoms with E-state index < -0.39 is 6.04 Å². The Kier molecular flexibility index (Phi) is 6.24. The molecule has 0 fully saturated rings. The molecule has 0 bridgehead atoms. The van der Waals surface area contributed by atoms with Crippen molar-refractivity contribution >= 4 is 32.8 Å². The number of halogens is 1. The predicted molar refractivity (Wildman–Crippen MR) is 135 cm³/mol. The monoisotopic (exact) mass is 517 g/mol. The molecule has 1 amide bonds. The van der Waals surface area contributed by atoms with Crippen LogP contribution in [0, 0.1) is 0 Å². The lowest BCUT2D eigenvalue weighted by atomic mass is 9.98. The van der Waals surface area contributed by atoms with Crippen molar-refractivity contribution in [2.75, 3.05) is 6.61 Å². The summed E-state index contributed by atoms with van der Waals surface area (Å²) in [4.78, 5) is 28.9. The van der Waals surface area contributed by atoms with Crippen LogP contribution < -0.4 is 10.2 Å². The molecule has 5 nitrogen and oxygen atoms in total. The van der Waals surface area contributed by atoms with E-state index >= 15 is 0 Å². The molecule has 1 aromatic heterocycles. The fourth-order valence-corrected chi connectivity index (χ4v) is 4.72. The number of unbranched alkanes of at least 4 members (excludes halogenated alkanes) is 1. The van der Waals surface area contributed by atoms with E-state index in [4.69, 9.17) is 9.15 Å². The standard InChI is InChI=1S/C28H24BrNO4/c1-2-3-15-33-21-12-9-19(10-13-21)25-24-26(31)22-16-20(29)11-14-23(22)34-27(24)28(32)30(25)17-18-7-5-4-6-8-18/h4-14,16,25H,2-3,15,17H2,1H3. The summed E-state index contributed by atoms with van der Waals surface area (Å²) in [6, 6.07) is 22.1. The second-order valence-corrected chi connectivity index (χ2v) is 9.32. The maximum absolute atomic E-state index is 13.7. The minimum atomic E-state index is -0.549. The molecule has 4 aromatic rings. The molecule has 0 spiro atoms. The zero-order valence-corrected chi connectivity index (χ0v) is 20.4. The van der Waals surface area contributed by atoms with Crippen molar-refractivity contribution < 1.29 is 13.9 Å². The second-order valence-electron chi connectivity index (χ2n) is 8.41. The summed E-state index contributed by atoms with van der Waals surface area (Å²) in [5.41, 5.74) is 2.42. The Bertz CT molecular complexity index is 1400. The highest BCUT2D eigenvalue weighted by atomic mass is 79.9. The molecule has 34 heavy (non-hydrogen) atoms. The molecule has 2 heterocycles. The second kappa shape index (κ2) is 9.47. The Morgan fingerprint density at radius 2 is 1.76 bits per heavy atom. The lowest BCUT2D eigenvalue weighted by molar-refractivity contribution is 0.0714. The van der Waals surface area contributed by atoms with Gasteiger partial charge in [-0.05, 0) is 47.9 Å². The van der Waals surface area contributed by atoms with E-state index in [1.54, 1.807) is 23.1 Å². The van der Waals surface area contributed by atoms with Gasteiger partial charge in [0, 0.05) is 11.0 Å². The Morgan fingerprint density at radius 1 is 1.00 bits per heavy atom. The van der Waals surface area contributed by atoms with Crippen molar-refractivity contribution in [3.63, 3.8) is 0 Å². The first-order valence-electron chi connectivity index (χ1n) is 11.4. The summed E-state index contributed by atoms with van der Waals surface area (Å²) in [7, 11) is 0. The molecule has 6 heteroatoms. The number of hydrogen-bond acceptors (Lipinski definition) is 4. The van der Waals surface area contributed by atoms with Crippen LogP contribution in [0.3, 0.4) is 0 Å². The zero-order valence-electron chi connectivity index (χ0n) is 18.8. The van der Waals surface area contributed by atoms with Gasteiger partial charge in [0.25, 0.3) is 5.91 Å². The van der Waals surface area contributed by atoms with Crippen LogP contribution in [0.2, 0.25) is 0 Å². The van der Waals surface area contributed by atoms with Crippen LogP contribution in [0.5, 0.6) is 5.75 Å². The van der Waals surface area contributed by atoms with Crippen LogP contribution in [0.25, 0.3) is 11.0 Å². The predicted octanol–water partition coefficient (Wildman–Crippen LogP) is 6.48. The number of carbonyl (C=O) groups is 1. The van der Waals surface area contributed by atoms with Gasteiger partial charge in [-0.2, -0.15) is 0 Å². The first-order chi connectivity index (χ1) is 16.6. The molecule has 1 aliphatic rings. The summed E-state index contributed by atoms with van der Waals surface area (Å²) in [5, 5.41) is 0.451. The maximum atomic E-state index is 13.7. The number of benzene rings is 3. The number of hydrogen-bond donors (Lipinski definition) is 0. The van der Waals surface area contributed by atoms with E-state index in [-0.39, 0.29) is 17.1 Å². The topological polar surface area (TPSA) is 59.8 Å². The molecule has 0 N–H and O–H groups in total. The average molecular weight is 518 g/mol. The van der Waals surface area contributed by atoms with Crippen LogP contribution in [0.4, 0.5) is 0 Å². The molecule has 1 atom stereocenters. The van der Waals surface area contributed by atoms with Gasteiger partial charge in [0.05, 0.1) is 23.6 Å². The van der Waals surface area contributed by atoms with Gasteiger partial charge >= 0.3 is 0 Å². The van der Waals surface area contributed by atoms with Gasteiger partial charge in [-0.1, -0.05) is 71.7 Å². The Labute approximate surface area is 206 Å². The molecular formula is C28H24BrNO4. The van der Waals surface area contributed by atoms with Crippen LogP contribution in [-0.4, -0.2) is 17.4 Å². The highest BCUT2D eigenvalue weighted by molar-refractivity contribution is 9.10. The van der Waals surface area contributed by atoms with E-state index in [2.05, 4.69) is 22.9 Å². The fraction of sp³-hybridized carbons (Fsp3) is 0.214. The maximum Gasteiger partial charge on any atom is 0.291 e. The van der Waals surface area contributed by atoms with Crippen LogP contribution in [0.1, 0.15) is 53.1 Å². The fourth-order valence-electron chi connectivity index (χ4n) is 4.36. The van der Waals surface area contributed by atoms with Gasteiger partial charge < -0.3 is 14.1 Å². The van der Waals surface area contributed by atoms with E-state index in [9.17, 15) is 9.59 Å². The number of ether oxygens (including phenoxy) is 1. The van der Waals surface area contributed by atoms with E-state index in [0.717, 1.165) is 34.2 Å². The molecule has 172 valence electrons. The number of amides is 1. The number of fused-ring (bicyclic) bond motifs is 2. The molecule has 5 rings (SSSR count). The number of nitrogens with zero attached hydrogens (tertiary/aromatic N) is 1. The van der Waals surface area contributed by atoms with Gasteiger partial charge in [0.1, 0.15) is 11.3 Å². The third-order valence-corrected chi connectivity index (χ3v) is 6.58. The Hall–Kier alpha value is -3.38. The van der Waals surface area contributed by atoms with E-state index in [1.807, 2.05) is 54.6 Å². The minimum absolute atomic E-state index is 0.115. The third kappa shape index (κ3) is 4.14. The van der Waals surface area contributed by atoms with Crippen molar-refractivity contribution in [1.29, 1.82) is 0 Å². The lowest BCUT2D eigenvalue weighted by Crippen LogP contribution is -2.29. The normalized spacial score (nSPS) is 15.1. The Balaban J connectivity index is 1.62. The average Bonchev–Trinajstić information content (AvgIpc) is 3.12. The van der Waals surface area contributed by atoms with Crippen molar-refractivity contribution in [3.8, 4) is 5.75 Å². The van der Waals surface area contributed by atoms with E-state index in [1.165, 1.54) is 0 Å². The van der Waals surface area contributed by atoms with Crippen molar-refractivity contribution in [1.82, 2.24) is 4.90 Å². The van der Waals surface area contributed by atoms with Crippen molar-refractivity contribution in [3.05, 3.63) is 110 Å². The molecular weight excluding hydrogens is 494 g/mol. The lowest BCUT2D eigenvalue weighted by Gasteiger charge is -2.25. The van der Waals surface area contributed by atoms with Crippen LogP contribution in [-0.2, 0) is 6.54 Å². The minimum Gasteiger partial charge on any atom is -0.494 e. The third-order valence-electron chi connectivity index (χ3n) is 6.09. The van der Waals surface area contributed by atoms with E-state index in [0.29, 0.717) is 29.7 Å². The first-order valence-corrected chi connectivity index (χ1v) is 12.2. The van der Waals surface area contributed by atoms with Crippen LogP contribution in [0.15, 0.2) is 86.5 Å². The summed E-state index contributed by atoms with van der Waals surface area (Å²) in [5.74, 6) is 0.601. The number of rotatable bonds is 7. The molecule has 0 saturated heterocycles.